The number of aryl methyl sites for hydroxylation is 1. The standard InChI is InChI=1S/C20H27NO3S/c1-2-3-5-8-18-11-13-20(14-12-18)25(23,24)21(15-16-22)17-19-9-6-4-7-10-19/h4,6-7,9-14,22H,2-3,5,8,15-17H2,1H3. The lowest BCUT2D eigenvalue weighted by atomic mass is 10.1. The number of hydrogen-bond acceptors (Lipinski definition) is 3. The summed E-state index contributed by atoms with van der Waals surface area (Å²) in [5.74, 6) is 0. The van der Waals surface area contributed by atoms with Crippen molar-refractivity contribution in [2.24, 2.45) is 0 Å². The van der Waals surface area contributed by atoms with Gasteiger partial charge in [0.1, 0.15) is 0 Å². The molecule has 0 fully saturated rings. The van der Waals surface area contributed by atoms with Crippen molar-refractivity contribution in [1.82, 2.24) is 4.31 Å². The molecule has 0 radical (unpaired) electrons. The van der Waals surface area contributed by atoms with Crippen LogP contribution in [0.25, 0.3) is 0 Å². The lowest BCUT2D eigenvalue weighted by Gasteiger charge is -2.21. The third-order valence-electron chi connectivity index (χ3n) is 4.18. The van der Waals surface area contributed by atoms with Crippen molar-refractivity contribution in [3.63, 3.8) is 0 Å². The van der Waals surface area contributed by atoms with E-state index in [4.69, 9.17) is 0 Å². The molecule has 0 spiro atoms. The Morgan fingerprint density at radius 3 is 2.20 bits per heavy atom. The Kier molecular flexibility index (Phi) is 7.62. The number of rotatable bonds is 10. The van der Waals surface area contributed by atoms with E-state index in [2.05, 4.69) is 6.92 Å². The first-order valence-corrected chi connectivity index (χ1v) is 10.3. The van der Waals surface area contributed by atoms with Gasteiger partial charge in [-0.25, -0.2) is 8.42 Å². The zero-order chi connectivity index (χ0) is 18.1. The normalized spacial score (nSPS) is 11.8. The van der Waals surface area contributed by atoms with Crippen LogP contribution in [0.2, 0.25) is 0 Å². The van der Waals surface area contributed by atoms with Gasteiger partial charge in [-0.05, 0) is 36.1 Å². The number of nitrogens with zero attached hydrogens (tertiary/aromatic N) is 1. The van der Waals surface area contributed by atoms with E-state index in [0.717, 1.165) is 24.0 Å². The lowest BCUT2D eigenvalue weighted by Crippen LogP contribution is -2.33. The average molecular weight is 362 g/mol. The highest BCUT2D eigenvalue weighted by Crippen LogP contribution is 2.19. The number of unbranched alkanes of at least 4 members (excludes halogenated alkanes) is 2. The van der Waals surface area contributed by atoms with E-state index in [1.54, 1.807) is 12.1 Å². The molecule has 2 aromatic carbocycles. The fourth-order valence-electron chi connectivity index (χ4n) is 2.74. The van der Waals surface area contributed by atoms with Gasteiger partial charge in [0.15, 0.2) is 0 Å². The monoisotopic (exact) mass is 361 g/mol. The van der Waals surface area contributed by atoms with E-state index >= 15 is 0 Å². The van der Waals surface area contributed by atoms with Crippen LogP contribution in [-0.2, 0) is 23.0 Å². The minimum absolute atomic E-state index is 0.0788. The highest BCUT2D eigenvalue weighted by Gasteiger charge is 2.24. The molecular formula is C20H27NO3S. The maximum atomic E-state index is 12.9. The molecule has 0 aliphatic heterocycles. The van der Waals surface area contributed by atoms with Crippen molar-refractivity contribution in [2.75, 3.05) is 13.2 Å². The van der Waals surface area contributed by atoms with Crippen molar-refractivity contribution < 1.29 is 13.5 Å². The Labute approximate surface area is 151 Å². The number of hydrogen-bond donors (Lipinski definition) is 1. The minimum Gasteiger partial charge on any atom is -0.395 e. The van der Waals surface area contributed by atoms with Gasteiger partial charge in [0.2, 0.25) is 10.0 Å². The van der Waals surface area contributed by atoms with Crippen LogP contribution in [0.15, 0.2) is 59.5 Å². The molecule has 0 saturated carbocycles. The summed E-state index contributed by atoms with van der Waals surface area (Å²) in [6.45, 7) is 2.29. The van der Waals surface area contributed by atoms with E-state index in [-0.39, 0.29) is 24.6 Å². The molecule has 1 N–H and O–H groups in total. The van der Waals surface area contributed by atoms with Gasteiger partial charge >= 0.3 is 0 Å². The Bertz CT molecular complexity index is 727. The molecule has 0 atom stereocenters. The van der Waals surface area contributed by atoms with Gasteiger partial charge in [-0.15, -0.1) is 0 Å². The van der Waals surface area contributed by atoms with Gasteiger partial charge in [-0.2, -0.15) is 4.31 Å². The van der Waals surface area contributed by atoms with Crippen LogP contribution in [0, 0.1) is 0 Å². The number of sulfonamides is 1. The second kappa shape index (κ2) is 9.70. The Hall–Kier alpha value is -1.69. The van der Waals surface area contributed by atoms with Crippen molar-refractivity contribution in [3.8, 4) is 0 Å². The molecule has 0 saturated heterocycles. The van der Waals surface area contributed by atoms with Gasteiger partial charge in [-0.1, -0.05) is 62.2 Å². The molecule has 0 amide bonds. The first-order valence-electron chi connectivity index (χ1n) is 8.81. The lowest BCUT2D eigenvalue weighted by molar-refractivity contribution is 0.251. The second-order valence-corrected chi connectivity index (χ2v) is 8.09. The Balaban J connectivity index is 2.15. The van der Waals surface area contributed by atoms with Gasteiger partial charge in [0.05, 0.1) is 11.5 Å². The Morgan fingerprint density at radius 1 is 0.920 bits per heavy atom. The maximum Gasteiger partial charge on any atom is 0.243 e. The predicted molar refractivity (Wildman–Crippen MR) is 101 cm³/mol. The quantitative estimate of drug-likeness (QED) is 0.658. The highest BCUT2D eigenvalue weighted by atomic mass is 32.2. The van der Waals surface area contributed by atoms with Crippen LogP contribution in [0.3, 0.4) is 0 Å². The molecule has 0 heterocycles. The molecule has 0 unspecified atom stereocenters. The fourth-order valence-corrected chi connectivity index (χ4v) is 4.16. The van der Waals surface area contributed by atoms with E-state index in [1.165, 1.54) is 17.1 Å². The average Bonchev–Trinajstić information content (AvgIpc) is 2.63. The summed E-state index contributed by atoms with van der Waals surface area (Å²) >= 11 is 0. The molecule has 2 rings (SSSR count). The summed E-state index contributed by atoms with van der Waals surface area (Å²) in [4.78, 5) is 0.274. The Morgan fingerprint density at radius 2 is 1.60 bits per heavy atom. The molecule has 136 valence electrons. The van der Waals surface area contributed by atoms with Crippen molar-refractivity contribution in [3.05, 3.63) is 65.7 Å². The largest absolute Gasteiger partial charge is 0.395 e. The van der Waals surface area contributed by atoms with Gasteiger partial charge < -0.3 is 5.11 Å². The molecule has 0 bridgehead atoms. The number of aliphatic hydroxyl groups is 1. The minimum atomic E-state index is -3.63. The third-order valence-corrected chi connectivity index (χ3v) is 6.04. The van der Waals surface area contributed by atoms with Gasteiger partial charge in [0.25, 0.3) is 0 Å². The van der Waals surface area contributed by atoms with E-state index in [0.29, 0.717) is 0 Å². The highest BCUT2D eigenvalue weighted by molar-refractivity contribution is 7.89. The molecule has 0 aromatic heterocycles. The molecule has 0 aliphatic rings. The summed E-state index contributed by atoms with van der Waals surface area (Å²) in [5.41, 5.74) is 2.06. The van der Waals surface area contributed by atoms with E-state index in [1.807, 2.05) is 42.5 Å². The topological polar surface area (TPSA) is 57.6 Å². The zero-order valence-corrected chi connectivity index (χ0v) is 15.6. The number of benzene rings is 2. The third kappa shape index (κ3) is 5.66. The summed E-state index contributed by atoms with van der Waals surface area (Å²) in [5, 5.41) is 9.28. The smallest absolute Gasteiger partial charge is 0.243 e. The van der Waals surface area contributed by atoms with Crippen molar-refractivity contribution >= 4 is 10.0 Å². The second-order valence-electron chi connectivity index (χ2n) is 6.15. The predicted octanol–water partition coefficient (Wildman–Crippen LogP) is 3.60. The molecule has 5 heteroatoms. The molecule has 2 aromatic rings. The van der Waals surface area contributed by atoms with E-state index in [9.17, 15) is 13.5 Å². The van der Waals surface area contributed by atoms with Gasteiger partial charge in [-0.3, -0.25) is 0 Å². The first kappa shape index (κ1) is 19.6. The maximum absolute atomic E-state index is 12.9. The summed E-state index contributed by atoms with van der Waals surface area (Å²) < 4.78 is 27.2. The van der Waals surface area contributed by atoms with Crippen LogP contribution in [0.4, 0.5) is 0 Å². The summed E-state index contributed by atoms with van der Waals surface area (Å²) in [6, 6.07) is 16.6. The number of aliphatic hydroxyl groups excluding tert-OH is 1. The van der Waals surface area contributed by atoms with Gasteiger partial charge in [0, 0.05) is 13.1 Å². The zero-order valence-electron chi connectivity index (χ0n) is 14.8. The summed E-state index contributed by atoms with van der Waals surface area (Å²) in [6.07, 6.45) is 4.44. The van der Waals surface area contributed by atoms with Crippen molar-refractivity contribution in [2.45, 2.75) is 44.0 Å². The van der Waals surface area contributed by atoms with E-state index < -0.39 is 10.0 Å². The summed E-state index contributed by atoms with van der Waals surface area (Å²) in [7, 11) is -3.63. The van der Waals surface area contributed by atoms with Crippen LogP contribution in [0.5, 0.6) is 0 Å². The molecule has 0 aliphatic carbocycles. The van der Waals surface area contributed by atoms with Crippen LogP contribution in [-0.4, -0.2) is 31.0 Å². The first-order chi connectivity index (χ1) is 12.1. The fraction of sp³-hybridized carbons (Fsp3) is 0.400. The molecule has 4 nitrogen and oxygen atoms in total. The SMILES string of the molecule is CCCCCc1ccc(S(=O)(=O)N(CCO)Cc2ccccc2)cc1. The van der Waals surface area contributed by atoms with Crippen LogP contribution >= 0.6 is 0 Å². The van der Waals surface area contributed by atoms with Crippen LogP contribution in [0.1, 0.15) is 37.3 Å². The molecular weight excluding hydrogens is 334 g/mol. The van der Waals surface area contributed by atoms with Crippen molar-refractivity contribution in [1.29, 1.82) is 0 Å². The molecule has 25 heavy (non-hydrogen) atoms. The van der Waals surface area contributed by atoms with Crippen LogP contribution < -0.4 is 0 Å².